The summed E-state index contributed by atoms with van der Waals surface area (Å²) >= 11 is 1.37. The molecular formula is C12H18N2O3S. The van der Waals surface area contributed by atoms with E-state index in [0.717, 1.165) is 0 Å². The molecule has 0 bridgehead atoms. The van der Waals surface area contributed by atoms with Crippen LogP contribution in [0.25, 0.3) is 0 Å². The minimum Gasteiger partial charge on any atom is -0.480 e. The van der Waals surface area contributed by atoms with Crippen LogP contribution >= 0.6 is 11.3 Å². The van der Waals surface area contributed by atoms with Gasteiger partial charge >= 0.3 is 5.97 Å². The van der Waals surface area contributed by atoms with Crippen molar-refractivity contribution < 1.29 is 14.7 Å². The van der Waals surface area contributed by atoms with Gasteiger partial charge in [-0.3, -0.25) is 4.79 Å². The molecule has 6 heteroatoms. The van der Waals surface area contributed by atoms with Crippen LogP contribution < -0.4 is 11.1 Å². The van der Waals surface area contributed by atoms with Gasteiger partial charge in [0.1, 0.15) is 12.1 Å². The van der Waals surface area contributed by atoms with Gasteiger partial charge in [0.05, 0.1) is 0 Å². The van der Waals surface area contributed by atoms with Crippen LogP contribution in [0.15, 0.2) is 17.5 Å². The standard InChI is InChI=1S/C12H18N2O3S/c1-12(2,3)9(11(16)17)14-10(15)8(13)7-5-4-6-18-7/h4-6,8-9H,13H2,1-3H3,(H,14,15)(H,16,17)/t8?,9-/m0/s1. The number of nitrogens with two attached hydrogens (primary N) is 1. The molecule has 5 nitrogen and oxygen atoms in total. The molecule has 0 aliphatic rings. The molecule has 1 aromatic heterocycles. The molecule has 18 heavy (non-hydrogen) atoms. The molecule has 1 amide bonds. The van der Waals surface area contributed by atoms with Gasteiger partial charge in [-0.05, 0) is 16.9 Å². The second-order valence-electron chi connectivity index (χ2n) is 5.14. The van der Waals surface area contributed by atoms with Gasteiger partial charge in [0.25, 0.3) is 0 Å². The zero-order valence-corrected chi connectivity index (χ0v) is 11.5. The van der Waals surface area contributed by atoms with Crippen molar-refractivity contribution in [3.05, 3.63) is 22.4 Å². The summed E-state index contributed by atoms with van der Waals surface area (Å²) in [6.45, 7) is 5.26. The van der Waals surface area contributed by atoms with Crippen LogP contribution in [0.1, 0.15) is 31.7 Å². The Kier molecular flexibility index (Phi) is 4.48. The lowest BCUT2D eigenvalue weighted by atomic mass is 9.86. The average Bonchev–Trinajstić information content (AvgIpc) is 2.75. The summed E-state index contributed by atoms with van der Waals surface area (Å²) in [5, 5.41) is 13.4. The summed E-state index contributed by atoms with van der Waals surface area (Å²) in [5.41, 5.74) is 5.21. The van der Waals surface area contributed by atoms with Crippen molar-refractivity contribution in [1.82, 2.24) is 5.32 Å². The van der Waals surface area contributed by atoms with E-state index >= 15 is 0 Å². The van der Waals surface area contributed by atoms with E-state index in [1.807, 2.05) is 5.38 Å². The fourth-order valence-electron chi connectivity index (χ4n) is 1.48. The van der Waals surface area contributed by atoms with E-state index in [1.54, 1.807) is 32.9 Å². The Morgan fingerprint density at radius 2 is 2.06 bits per heavy atom. The second kappa shape index (κ2) is 5.49. The molecule has 0 aliphatic carbocycles. The SMILES string of the molecule is CC(C)(C)[C@@H](NC(=O)C(N)c1cccs1)C(=O)O. The summed E-state index contributed by atoms with van der Waals surface area (Å²) < 4.78 is 0. The van der Waals surface area contributed by atoms with Gasteiger partial charge in [-0.15, -0.1) is 11.3 Å². The number of amides is 1. The average molecular weight is 270 g/mol. The fraction of sp³-hybridized carbons (Fsp3) is 0.500. The zero-order valence-electron chi connectivity index (χ0n) is 10.6. The maximum atomic E-state index is 11.9. The van der Waals surface area contributed by atoms with Crippen molar-refractivity contribution in [3.63, 3.8) is 0 Å². The number of hydrogen-bond donors (Lipinski definition) is 3. The number of carboxylic acid groups (broad SMARTS) is 1. The van der Waals surface area contributed by atoms with E-state index in [9.17, 15) is 9.59 Å². The Labute approximate surface area is 110 Å². The number of hydrogen-bond acceptors (Lipinski definition) is 4. The minimum absolute atomic E-state index is 0.472. The van der Waals surface area contributed by atoms with Crippen LogP contribution in [-0.2, 0) is 9.59 Å². The maximum Gasteiger partial charge on any atom is 0.326 e. The van der Waals surface area contributed by atoms with E-state index in [4.69, 9.17) is 10.8 Å². The lowest BCUT2D eigenvalue weighted by Crippen LogP contribution is -2.51. The summed E-state index contributed by atoms with van der Waals surface area (Å²) in [6.07, 6.45) is 0. The van der Waals surface area contributed by atoms with Crippen LogP contribution in [-0.4, -0.2) is 23.0 Å². The summed E-state index contributed by atoms with van der Waals surface area (Å²) in [4.78, 5) is 23.8. The van der Waals surface area contributed by atoms with Gasteiger partial charge in [0.2, 0.25) is 5.91 Å². The highest BCUT2D eigenvalue weighted by Gasteiger charge is 2.34. The van der Waals surface area contributed by atoms with Crippen LogP contribution in [0, 0.1) is 5.41 Å². The van der Waals surface area contributed by atoms with Gasteiger partial charge < -0.3 is 16.2 Å². The Balaban J connectivity index is 2.77. The minimum atomic E-state index is -1.06. The molecule has 1 aromatic rings. The fourth-order valence-corrected chi connectivity index (χ4v) is 2.20. The highest BCUT2D eigenvalue weighted by Crippen LogP contribution is 2.21. The molecule has 2 atom stereocenters. The van der Waals surface area contributed by atoms with Crippen LogP contribution in [0.3, 0.4) is 0 Å². The van der Waals surface area contributed by atoms with E-state index in [2.05, 4.69) is 5.32 Å². The Morgan fingerprint density at radius 1 is 1.44 bits per heavy atom. The second-order valence-corrected chi connectivity index (χ2v) is 6.12. The predicted octanol–water partition coefficient (Wildman–Crippen LogP) is 1.36. The summed E-state index contributed by atoms with van der Waals surface area (Å²) in [7, 11) is 0. The third kappa shape index (κ3) is 3.54. The van der Waals surface area contributed by atoms with Gasteiger partial charge in [-0.2, -0.15) is 0 Å². The summed E-state index contributed by atoms with van der Waals surface area (Å²) in [5.74, 6) is -1.53. The van der Waals surface area contributed by atoms with Gasteiger partial charge in [-0.25, -0.2) is 4.79 Å². The molecule has 0 saturated heterocycles. The summed E-state index contributed by atoms with van der Waals surface area (Å²) in [6, 6.07) is 1.76. The zero-order chi connectivity index (χ0) is 13.9. The van der Waals surface area contributed by atoms with E-state index in [0.29, 0.717) is 4.88 Å². The number of nitrogens with one attached hydrogen (secondary N) is 1. The van der Waals surface area contributed by atoms with Gasteiger partial charge in [0.15, 0.2) is 0 Å². The third-order valence-electron chi connectivity index (χ3n) is 2.53. The number of carboxylic acids is 1. The molecule has 0 aromatic carbocycles. The maximum absolute atomic E-state index is 11.9. The molecule has 1 unspecified atom stereocenters. The van der Waals surface area contributed by atoms with E-state index in [-0.39, 0.29) is 0 Å². The number of aliphatic carboxylic acids is 1. The van der Waals surface area contributed by atoms with Gasteiger partial charge in [0, 0.05) is 4.88 Å². The lowest BCUT2D eigenvalue weighted by molar-refractivity contribution is -0.145. The topological polar surface area (TPSA) is 92.4 Å². The van der Waals surface area contributed by atoms with Crippen LogP contribution in [0.2, 0.25) is 0 Å². The van der Waals surface area contributed by atoms with Crippen molar-refractivity contribution in [2.45, 2.75) is 32.9 Å². The first-order valence-corrected chi connectivity index (χ1v) is 6.43. The molecule has 0 fully saturated rings. The quantitative estimate of drug-likeness (QED) is 0.770. The molecular weight excluding hydrogens is 252 g/mol. The molecule has 0 aliphatic heterocycles. The normalized spacial score (nSPS) is 14.9. The first kappa shape index (κ1) is 14.7. The predicted molar refractivity (Wildman–Crippen MR) is 70.3 cm³/mol. The van der Waals surface area contributed by atoms with Crippen molar-refractivity contribution in [3.8, 4) is 0 Å². The highest BCUT2D eigenvalue weighted by molar-refractivity contribution is 7.10. The molecule has 0 radical (unpaired) electrons. The van der Waals surface area contributed by atoms with E-state index < -0.39 is 29.4 Å². The van der Waals surface area contributed by atoms with Crippen molar-refractivity contribution >= 4 is 23.2 Å². The Morgan fingerprint density at radius 3 is 2.44 bits per heavy atom. The lowest BCUT2D eigenvalue weighted by Gasteiger charge is -2.28. The first-order chi connectivity index (χ1) is 8.23. The molecule has 100 valence electrons. The molecule has 0 spiro atoms. The molecule has 1 rings (SSSR count). The third-order valence-corrected chi connectivity index (χ3v) is 3.49. The molecule has 1 heterocycles. The largest absolute Gasteiger partial charge is 0.480 e. The molecule has 4 N–H and O–H groups in total. The number of carbonyl (C=O) groups excluding carboxylic acids is 1. The first-order valence-electron chi connectivity index (χ1n) is 5.55. The van der Waals surface area contributed by atoms with Crippen molar-refractivity contribution in [1.29, 1.82) is 0 Å². The van der Waals surface area contributed by atoms with Crippen molar-refractivity contribution in [2.75, 3.05) is 0 Å². The highest BCUT2D eigenvalue weighted by atomic mass is 32.1. The number of thiophene rings is 1. The monoisotopic (exact) mass is 270 g/mol. The number of carbonyl (C=O) groups is 2. The number of rotatable bonds is 4. The Bertz CT molecular complexity index is 423. The van der Waals surface area contributed by atoms with Gasteiger partial charge in [-0.1, -0.05) is 26.8 Å². The molecule has 0 saturated carbocycles. The van der Waals surface area contributed by atoms with E-state index in [1.165, 1.54) is 11.3 Å². The Hall–Kier alpha value is -1.40. The smallest absolute Gasteiger partial charge is 0.326 e. The van der Waals surface area contributed by atoms with Crippen LogP contribution in [0.4, 0.5) is 0 Å². The van der Waals surface area contributed by atoms with Crippen LogP contribution in [0.5, 0.6) is 0 Å². The van der Waals surface area contributed by atoms with Crippen molar-refractivity contribution in [2.24, 2.45) is 11.1 Å².